The SMILES string of the molecule is CCOc1ccc(Cl)cc1NC1CCCc2occc21. The molecule has 0 spiro atoms. The summed E-state index contributed by atoms with van der Waals surface area (Å²) in [6.45, 7) is 2.62. The van der Waals surface area contributed by atoms with Crippen molar-refractivity contribution in [3.63, 3.8) is 0 Å². The monoisotopic (exact) mass is 291 g/mol. The number of anilines is 1. The van der Waals surface area contributed by atoms with E-state index in [0.29, 0.717) is 11.6 Å². The minimum atomic E-state index is 0.259. The maximum Gasteiger partial charge on any atom is 0.142 e. The minimum Gasteiger partial charge on any atom is -0.492 e. The second-order valence-corrected chi connectivity index (χ2v) is 5.40. The van der Waals surface area contributed by atoms with Crippen molar-refractivity contribution in [2.75, 3.05) is 11.9 Å². The quantitative estimate of drug-likeness (QED) is 0.877. The fraction of sp³-hybridized carbons (Fsp3) is 0.375. The van der Waals surface area contributed by atoms with Gasteiger partial charge in [0.25, 0.3) is 0 Å². The zero-order valence-corrected chi connectivity index (χ0v) is 12.2. The van der Waals surface area contributed by atoms with Gasteiger partial charge in [-0.1, -0.05) is 11.6 Å². The van der Waals surface area contributed by atoms with Gasteiger partial charge >= 0.3 is 0 Å². The molecule has 3 rings (SSSR count). The Kier molecular flexibility index (Phi) is 3.88. The Morgan fingerprint density at radius 1 is 1.40 bits per heavy atom. The van der Waals surface area contributed by atoms with E-state index in [0.717, 1.165) is 36.5 Å². The predicted octanol–water partition coefficient (Wildman–Crippen LogP) is 4.82. The van der Waals surface area contributed by atoms with Crippen molar-refractivity contribution in [2.45, 2.75) is 32.2 Å². The highest BCUT2D eigenvalue weighted by Crippen LogP contribution is 2.36. The first-order valence-corrected chi connectivity index (χ1v) is 7.41. The Morgan fingerprint density at radius 2 is 2.30 bits per heavy atom. The Labute approximate surface area is 123 Å². The molecule has 106 valence electrons. The first kappa shape index (κ1) is 13.4. The van der Waals surface area contributed by atoms with Crippen LogP contribution in [0.4, 0.5) is 5.69 Å². The Bertz CT molecular complexity index is 594. The molecule has 1 atom stereocenters. The van der Waals surface area contributed by atoms with Crippen molar-refractivity contribution in [1.29, 1.82) is 0 Å². The lowest BCUT2D eigenvalue weighted by atomic mass is 9.93. The minimum absolute atomic E-state index is 0.259. The molecule has 0 radical (unpaired) electrons. The Balaban J connectivity index is 1.87. The lowest BCUT2D eigenvalue weighted by molar-refractivity contribution is 0.341. The number of rotatable bonds is 4. The molecule has 0 saturated heterocycles. The van der Waals surface area contributed by atoms with Gasteiger partial charge in [-0.15, -0.1) is 0 Å². The van der Waals surface area contributed by atoms with Crippen LogP contribution in [0.25, 0.3) is 0 Å². The van der Waals surface area contributed by atoms with Crippen molar-refractivity contribution in [2.24, 2.45) is 0 Å². The third kappa shape index (κ3) is 2.63. The molecule has 3 nitrogen and oxygen atoms in total. The first-order chi connectivity index (χ1) is 9.78. The van der Waals surface area contributed by atoms with E-state index in [1.54, 1.807) is 6.26 Å². The summed E-state index contributed by atoms with van der Waals surface area (Å²) < 4.78 is 11.2. The van der Waals surface area contributed by atoms with Crippen molar-refractivity contribution < 1.29 is 9.15 Å². The van der Waals surface area contributed by atoms with Gasteiger partial charge < -0.3 is 14.5 Å². The molecule has 1 aromatic carbocycles. The summed E-state index contributed by atoms with van der Waals surface area (Å²) in [6, 6.07) is 7.99. The number of nitrogens with one attached hydrogen (secondary N) is 1. The van der Waals surface area contributed by atoms with E-state index in [1.807, 2.05) is 25.1 Å². The molecule has 1 aliphatic carbocycles. The summed E-state index contributed by atoms with van der Waals surface area (Å²) in [5, 5.41) is 4.26. The van der Waals surface area contributed by atoms with Crippen LogP contribution < -0.4 is 10.1 Å². The molecule has 2 aromatic rings. The molecule has 0 saturated carbocycles. The van der Waals surface area contributed by atoms with E-state index in [4.69, 9.17) is 20.8 Å². The smallest absolute Gasteiger partial charge is 0.142 e. The number of hydrogen-bond acceptors (Lipinski definition) is 3. The Morgan fingerprint density at radius 3 is 3.15 bits per heavy atom. The van der Waals surface area contributed by atoms with Crippen LogP contribution in [-0.4, -0.2) is 6.61 Å². The molecule has 1 aromatic heterocycles. The third-order valence-electron chi connectivity index (χ3n) is 3.62. The summed E-state index contributed by atoms with van der Waals surface area (Å²) in [6.07, 6.45) is 5.01. The normalized spacial score (nSPS) is 17.6. The molecule has 0 fully saturated rings. The van der Waals surface area contributed by atoms with Gasteiger partial charge in [-0.2, -0.15) is 0 Å². The first-order valence-electron chi connectivity index (χ1n) is 7.03. The highest BCUT2D eigenvalue weighted by atomic mass is 35.5. The van der Waals surface area contributed by atoms with E-state index in [9.17, 15) is 0 Å². The zero-order chi connectivity index (χ0) is 13.9. The van der Waals surface area contributed by atoms with Gasteiger partial charge in [-0.05, 0) is 44.0 Å². The van der Waals surface area contributed by atoms with E-state index in [-0.39, 0.29) is 6.04 Å². The average molecular weight is 292 g/mol. The van der Waals surface area contributed by atoms with E-state index < -0.39 is 0 Å². The van der Waals surface area contributed by atoms with Gasteiger partial charge in [0, 0.05) is 17.0 Å². The van der Waals surface area contributed by atoms with Crippen molar-refractivity contribution in [3.05, 3.63) is 46.9 Å². The lowest BCUT2D eigenvalue weighted by Crippen LogP contribution is -2.16. The lowest BCUT2D eigenvalue weighted by Gasteiger charge is -2.25. The number of aryl methyl sites for hydroxylation is 1. The van der Waals surface area contributed by atoms with Crippen LogP contribution >= 0.6 is 11.6 Å². The fourth-order valence-corrected chi connectivity index (χ4v) is 2.89. The summed E-state index contributed by atoms with van der Waals surface area (Å²) in [5.41, 5.74) is 2.19. The topological polar surface area (TPSA) is 34.4 Å². The molecule has 20 heavy (non-hydrogen) atoms. The van der Waals surface area contributed by atoms with Crippen LogP contribution in [0.5, 0.6) is 5.75 Å². The fourth-order valence-electron chi connectivity index (χ4n) is 2.72. The summed E-state index contributed by atoms with van der Waals surface area (Å²) in [4.78, 5) is 0. The standard InChI is InChI=1S/C16H18ClNO2/c1-2-19-16-7-6-11(17)10-14(16)18-13-4-3-5-15-12(13)8-9-20-15/h6-10,13,18H,2-5H2,1H3. The molecule has 1 heterocycles. The summed E-state index contributed by atoms with van der Waals surface area (Å²) >= 11 is 6.10. The number of benzene rings is 1. The second-order valence-electron chi connectivity index (χ2n) is 4.96. The molecular weight excluding hydrogens is 274 g/mol. The highest BCUT2D eigenvalue weighted by molar-refractivity contribution is 6.30. The molecule has 0 amide bonds. The van der Waals surface area contributed by atoms with Gasteiger partial charge in [0.15, 0.2) is 0 Å². The molecule has 1 unspecified atom stereocenters. The number of furan rings is 1. The van der Waals surface area contributed by atoms with Gasteiger partial charge in [0.2, 0.25) is 0 Å². The maximum atomic E-state index is 6.10. The van der Waals surface area contributed by atoms with Gasteiger partial charge in [-0.25, -0.2) is 0 Å². The second kappa shape index (κ2) is 5.80. The van der Waals surface area contributed by atoms with Crippen LogP contribution in [0.15, 0.2) is 34.9 Å². The molecule has 0 bridgehead atoms. The van der Waals surface area contributed by atoms with E-state index in [1.165, 1.54) is 5.56 Å². The average Bonchev–Trinajstić information content (AvgIpc) is 2.91. The van der Waals surface area contributed by atoms with Crippen LogP contribution in [0.1, 0.15) is 37.1 Å². The maximum absolute atomic E-state index is 6.10. The molecular formula is C16H18ClNO2. The van der Waals surface area contributed by atoms with Gasteiger partial charge in [0.1, 0.15) is 11.5 Å². The predicted molar refractivity (Wildman–Crippen MR) is 80.6 cm³/mol. The third-order valence-corrected chi connectivity index (χ3v) is 3.86. The number of hydrogen-bond donors (Lipinski definition) is 1. The number of ether oxygens (including phenoxy) is 1. The summed E-state index contributed by atoms with van der Waals surface area (Å²) in [7, 11) is 0. The van der Waals surface area contributed by atoms with Crippen molar-refractivity contribution >= 4 is 17.3 Å². The van der Waals surface area contributed by atoms with Crippen LogP contribution in [-0.2, 0) is 6.42 Å². The van der Waals surface area contributed by atoms with Crippen LogP contribution in [0, 0.1) is 0 Å². The molecule has 0 aliphatic heterocycles. The molecule has 1 N–H and O–H groups in total. The van der Waals surface area contributed by atoms with Gasteiger partial charge in [-0.3, -0.25) is 0 Å². The van der Waals surface area contributed by atoms with Crippen molar-refractivity contribution in [3.8, 4) is 5.75 Å². The Hall–Kier alpha value is -1.61. The molecule has 1 aliphatic rings. The largest absolute Gasteiger partial charge is 0.492 e. The van der Waals surface area contributed by atoms with Crippen LogP contribution in [0.2, 0.25) is 5.02 Å². The summed E-state index contributed by atoms with van der Waals surface area (Å²) in [5.74, 6) is 1.93. The highest BCUT2D eigenvalue weighted by Gasteiger charge is 2.23. The van der Waals surface area contributed by atoms with E-state index in [2.05, 4.69) is 11.4 Å². The van der Waals surface area contributed by atoms with E-state index >= 15 is 0 Å². The van der Waals surface area contributed by atoms with Crippen LogP contribution in [0.3, 0.4) is 0 Å². The number of fused-ring (bicyclic) bond motifs is 1. The zero-order valence-electron chi connectivity index (χ0n) is 11.5. The van der Waals surface area contributed by atoms with Gasteiger partial charge in [0.05, 0.1) is 24.6 Å². The molecule has 4 heteroatoms. The number of halogens is 1. The van der Waals surface area contributed by atoms with Crippen molar-refractivity contribution in [1.82, 2.24) is 0 Å².